The number of rotatable bonds is 4. The van der Waals surface area contributed by atoms with Gasteiger partial charge in [-0.1, -0.05) is 11.8 Å². The number of carbonyl (C=O) groups is 1. The Balaban J connectivity index is 1.96. The Morgan fingerprint density at radius 2 is 2.39 bits per heavy atom. The minimum atomic E-state index is -0.121. The summed E-state index contributed by atoms with van der Waals surface area (Å²) in [6.45, 7) is 1.46. The number of thioether (sulfide) groups is 1. The molecule has 0 aliphatic rings. The first kappa shape index (κ1) is 12.8. The summed E-state index contributed by atoms with van der Waals surface area (Å²) in [5.74, 6) is 0.918. The highest BCUT2D eigenvalue weighted by atomic mass is 32.2. The number of hydrogen-bond donors (Lipinski definition) is 2. The van der Waals surface area contributed by atoms with Crippen molar-refractivity contribution in [1.29, 1.82) is 0 Å². The molecular formula is C9H12N6OS2. The van der Waals surface area contributed by atoms with Crippen LogP contribution in [0.25, 0.3) is 0 Å². The zero-order valence-electron chi connectivity index (χ0n) is 9.88. The minimum absolute atomic E-state index is 0.121. The van der Waals surface area contributed by atoms with Crippen molar-refractivity contribution < 1.29 is 4.79 Å². The van der Waals surface area contributed by atoms with E-state index >= 15 is 0 Å². The van der Waals surface area contributed by atoms with Crippen LogP contribution < -0.4 is 11.1 Å². The van der Waals surface area contributed by atoms with E-state index < -0.39 is 0 Å². The molecule has 0 aliphatic heterocycles. The second kappa shape index (κ2) is 5.36. The molecule has 0 bridgehead atoms. The maximum atomic E-state index is 10.9. The number of amides is 1. The summed E-state index contributed by atoms with van der Waals surface area (Å²) < 4.78 is 1.71. The highest BCUT2D eigenvalue weighted by Crippen LogP contribution is 2.24. The fraction of sp³-hybridized carbons (Fsp3) is 0.333. The molecule has 0 aliphatic carbocycles. The summed E-state index contributed by atoms with van der Waals surface area (Å²) in [6.07, 6.45) is 0. The molecule has 2 heterocycles. The summed E-state index contributed by atoms with van der Waals surface area (Å²) in [5.41, 5.74) is 6.47. The summed E-state index contributed by atoms with van der Waals surface area (Å²) in [5, 5.41) is 13.6. The number of anilines is 2. The lowest BCUT2D eigenvalue weighted by Crippen LogP contribution is -2.05. The molecule has 0 aromatic carbocycles. The van der Waals surface area contributed by atoms with Gasteiger partial charge in [0, 0.05) is 25.1 Å². The predicted molar refractivity (Wildman–Crippen MR) is 71.4 cm³/mol. The topological polar surface area (TPSA) is 98.7 Å². The molecule has 0 unspecified atom stereocenters. The molecule has 0 saturated heterocycles. The summed E-state index contributed by atoms with van der Waals surface area (Å²) in [7, 11) is 1.81. The van der Waals surface area contributed by atoms with Gasteiger partial charge >= 0.3 is 0 Å². The Morgan fingerprint density at radius 1 is 1.61 bits per heavy atom. The summed E-state index contributed by atoms with van der Waals surface area (Å²) >= 11 is 2.89. The number of nitrogens with one attached hydrogen (secondary N) is 1. The van der Waals surface area contributed by atoms with Crippen LogP contribution in [0.4, 0.5) is 11.1 Å². The quantitative estimate of drug-likeness (QED) is 0.816. The van der Waals surface area contributed by atoms with E-state index in [0.29, 0.717) is 16.8 Å². The van der Waals surface area contributed by atoms with Gasteiger partial charge in [-0.2, -0.15) is 0 Å². The van der Waals surface area contributed by atoms with Gasteiger partial charge < -0.3 is 11.1 Å². The molecule has 18 heavy (non-hydrogen) atoms. The van der Waals surface area contributed by atoms with E-state index in [1.165, 1.54) is 30.0 Å². The smallest absolute Gasteiger partial charge is 0.223 e. The summed E-state index contributed by atoms with van der Waals surface area (Å²) in [4.78, 5) is 15.1. The molecule has 1 amide bonds. The van der Waals surface area contributed by atoms with Crippen molar-refractivity contribution in [3.63, 3.8) is 0 Å². The predicted octanol–water partition coefficient (Wildman–Crippen LogP) is 1.10. The van der Waals surface area contributed by atoms with Crippen LogP contribution in [0, 0.1) is 0 Å². The second-order valence-corrected chi connectivity index (χ2v) is 5.31. The third-order valence-corrected chi connectivity index (χ3v) is 3.91. The Kier molecular flexibility index (Phi) is 3.82. The van der Waals surface area contributed by atoms with Crippen LogP contribution in [-0.4, -0.2) is 25.7 Å². The molecule has 9 heteroatoms. The fourth-order valence-electron chi connectivity index (χ4n) is 1.17. The Bertz CT molecular complexity index is 563. The van der Waals surface area contributed by atoms with Gasteiger partial charge in [-0.25, -0.2) is 4.98 Å². The Hall–Kier alpha value is -1.61. The number of nitrogen functional groups attached to an aromatic ring is 1. The Morgan fingerprint density at radius 3 is 3.00 bits per heavy atom. The minimum Gasteiger partial charge on any atom is -0.368 e. The lowest BCUT2D eigenvalue weighted by Gasteiger charge is -1.99. The molecule has 3 N–H and O–H groups in total. The van der Waals surface area contributed by atoms with Crippen molar-refractivity contribution in [3.8, 4) is 0 Å². The molecule has 0 spiro atoms. The molecule has 7 nitrogen and oxygen atoms in total. The van der Waals surface area contributed by atoms with Crippen molar-refractivity contribution >= 4 is 40.1 Å². The first-order valence-electron chi connectivity index (χ1n) is 5.06. The van der Waals surface area contributed by atoms with Gasteiger partial charge in [-0.15, -0.1) is 21.5 Å². The number of aromatic nitrogens is 4. The van der Waals surface area contributed by atoms with Crippen molar-refractivity contribution in [2.75, 3.05) is 11.1 Å². The average molecular weight is 284 g/mol. The number of thiazole rings is 1. The van der Waals surface area contributed by atoms with Crippen molar-refractivity contribution in [1.82, 2.24) is 19.7 Å². The number of carbonyl (C=O) groups excluding carboxylic acids is 1. The second-order valence-electron chi connectivity index (χ2n) is 3.51. The van der Waals surface area contributed by atoms with Gasteiger partial charge in [0.05, 0.1) is 5.69 Å². The number of nitrogens with two attached hydrogens (primary N) is 1. The van der Waals surface area contributed by atoms with Crippen LogP contribution in [0.3, 0.4) is 0 Å². The standard InChI is InChI=1S/C9H12N6OS2/c1-5(16)11-8-12-6(3-17-8)4-18-9-14-13-7(10)15(9)2/h3H,4H2,1-2H3,(H2,10,13)(H,11,12,16). The normalized spacial score (nSPS) is 10.6. The first-order chi connectivity index (χ1) is 8.56. The molecule has 0 atom stereocenters. The van der Waals surface area contributed by atoms with Gasteiger partial charge in [0.25, 0.3) is 0 Å². The lowest BCUT2D eigenvalue weighted by molar-refractivity contribution is -0.114. The maximum Gasteiger partial charge on any atom is 0.223 e. The van der Waals surface area contributed by atoms with Crippen LogP contribution in [0.5, 0.6) is 0 Å². The maximum absolute atomic E-state index is 10.9. The van der Waals surface area contributed by atoms with E-state index in [0.717, 1.165) is 10.9 Å². The van der Waals surface area contributed by atoms with E-state index in [1.807, 2.05) is 5.38 Å². The Labute approximate surface area is 112 Å². The van der Waals surface area contributed by atoms with Crippen LogP contribution in [0.15, 0.2) is 10.5 Å². The molecule has 2 aromatic heterocycles. The van der Waals surface area contributed by atoms with Gasteiger partial charge in [-0.3, -0.25) is 9.36 Å². The van der Waals surface area contributed by atoms with Gasteiger partial charge in [0.15, 0.2) is 10.3 Å². The average Bonchev–Trinajstić information content (AvgIpc) is 2.86. The SMILES string of the molecule is CC(=O)Nc1nc(CSc2nnc(N)n2C)cs1. The van der Waals surface area contributed by atoms with E-state index in [9.17, 15) is 4.79 Å². The molecule has 0 radical (unpaired) electrons. The van der Waals surface area contributed by atoms with Gasteiger partial charge in [0.2, 0.25) is 11.9 Å². The largest absolute Gasteiger partial charge is 0.368 e. The highest BCUT2D eigenvalue weighted by Gasteiger charge is 2.08. The highest BCUT2D eigenvalue weighted by molar-refractivity contribution is 7.98. The summed E-state index contributed by atoms with van der Waals surface area (Å²) in [6, 6.07) is 0. The van der Waals surface area contributed by atoms with E-state index in [4.69, 9.17) is 5.73 Å². The van der Waals surface area contributed by atoms with Crippen molar-refractivity contribution in [3.05, 3.63) is 11.1 Å². The van der Waals surface area contributed by atoms with Crippen LogP contribution in [0.2, 0.25) is 0 Å². The third kappa shape index (κ3) is 2.99. The van der Waals surface area contributed by atoms with Crippen molar-refractivity contribution in [2.45, 2.75) is 17.8 Å². The van der Waals surface area contributed by atoms with E-state index in [2.05, 4.69) is 20.5 Å². The number of hydrogen-bond acceptors (Lipinski definition) is 7. The molecule has 0 fully saturated rings. The molecule has 2 rings (SSSR count). The zero-order valence-corrected chi connectivity index (χ0v) is 11.5. The van der Waals surface area contributed by atoms with Crippen molar-refractivity contribution in [2.24, 2.45) is 7.05 Å². The molecule has 2 aromatic rings. The monoisotopic (exact) mass is 284 g/mol. The van der Waals surface area contributed by atoms with E-state index in [1.54, 1.807) is 11.6 Å². The van der Waals surface area contributed by atoms with E-state index in [-0.39, 0.29) is 5.91 Å². The van der Waals surface area contributed by atoms with Crippen LogP contribution >= 0.6 is 23.1 Å². The van der Waals surface area contributed by atoms with Crippen LogP contribution in [0.1, 0.15) is 12.6 Å². The van der Waals surface area contributed by atoms with Gasteiger partial charge in [0.1, 0.15) is 0 Å². The van der Waals surface area contributed by atoms with Crippen LogP contribution in [-0.2, 0) is 17.6 Å². The lowest BCUT2D eigenvalue weighted by atomic mass is 10.6. The molecular weight excluding hydrogens is 272 g/mol. The molecule has 0 saturated carbocycles. The molecule has 96 valence electrons. The first-order valence-corrected chi connectivity index (χ1v) is 6.92. The zero-order chi connectivity index (χ0) is 13.1. The van der Waals surface area contributed by atoms with Gasteiger partial charge in [-0.05, 0) is 0 Å². The third-order valence-electron chi connectivity index (χ3n) is 2.05. The number of nitrogens with zero attached hydrogens (tertiary/aromatic N) is 4. The fourth-order valence-corrected chi connectivity index (χ4v) is 2.84.